The van der Waals surface area contributed by atoms with Crippen LogP contribution in [0.1, 0.15) is 65.5 Å². The summed E-state index contributed by atoms with van der Waals surface area (Å²) in [6.07, 6.45) is 0.0230. The Morgan fingerprint density at radius 1 is 0.621 bits per heavy atom. The minimum atomic E-state index is -4.73. The van der Waals surface area contributed by atoms with Crippen molar-refractivity contribution in [3.63, 3.8) is 0 Å². The molecule has 0 aliphatic heterocycles. The van der Waals surface area contributed by atoms with Crippen molar-refractivity contribution in [3.8, 4) is 23.7 Å². The van der Waals surface area contributed by atoms with Crippen LogP contribution in [0.2, 0.25) is 0 Å². The van der Waals surface area contributed by atoms with Gasteiger partial charge in [-0.25, -0.2) is 16.8 Å². The van der Waals surface area contributed by atoms with Gasteiger partial charge in [-0.05, 0) is 62.8 Å². The highest BCUT2D eigenvalue weighted by Gasteiger charge is 2.41. The summed E-state index contributed by atoms with van der Waals surface area (Å²) in [5, 5.41) is 23.7. The van der Waals surface area contributed by atoms with Crippen molar-refractivity contribution >= 4 is 43.4 Å². The summed E-state index contributed by atoms with van der Waals surface area (Å²) in [6, 6.07) is 13.1. The molecule has 0 radical (unpaired) electrons. The first-order chi connectivity index (χ1) is 27.4. The lowest BCUT2D eigenvalue weighted by atomic mass is 10.0. The van der Waals surface area contributed by atoms with Crippen LogP contribution in [0.15, 0.2) is 82.6 Å². The van der Waals surface area contributed by atoms with Gasteiger partial charge in [-0.2, -0.15) is 8.61 Å². The summed E-state index contributed by atoms with van der Waals surface area (Å²) in [6.45, 7) is 8.92. The molecule has 0 saturated heterocycles. The quantitative estimate of drug-likeness (QED) is 0.0668. The van der Waals surface area contributed by atoms with Crippen LogP contribution in [0, 0.1) is 55.7 Å². The first kappa shape index (κ1) is 46.7. The number of nitro groups is 2. The fourth-order valence-electron chi connectivity index (χ4n) is 5.79. The van der Waals surface area contributed by atoms with Crippen molar-refractivity contribution < 1.29 is 45.7 Å². The summed E-state index contributed by atoms with van der Waals surface area (Å²) in [4.78, 5) is 47.3. The molecule has 0 amide bonds. The van der Waals surface area contributed by atoms with Crippen LogP contribution in [0.3, 0.4) is 0 Å². The molecule has 0 aliphatic carbocycles. The van der Waals surface area contributed by atoms with Gasteiger partial charge in [0.2, 0.25) is 0 Å². The number of esters is 2. The molecule has 310 valence electrons. The monoisotopic (exact) mass is 838 g/mol. The maximum absolute atomic E-state index is 14.2. The zero-order chi connectivity index (χ0) is 43.2. The van der Waals surface area contributed by atoms with Crippen molar-refractivity contribution in [1.82, 2.24) is 8.61 Å². The molecule has 0 saturated carbocycles. The van der Waals surface area contributed by atoms with Crippen molar-refractivity contribution in [2.45, 2.75) is 76.3 Å². The van der Waals surface area contributed by atoms with Crippen molar-refractivity contribution in [2.24, 2.45) is 11.8 Å². The van der Waals surface area contributed by atoms with Crippen LogP contribution < -0.4 is 0 Å². The minimum Gasteiger partial charge on any atom is -0.465 e. The second-order valence-corrected chi connectivity index (χ2v) is 17.2. The number of para-hydroxylation sites is 2. The molecule has 3 aromatic carbocycles. The lowest BCUT2D eigenvalue weighted by molar-refractivity contribution is -0.388. The van der Waals surface area contributed by atoms with E-state index in [0.717, 1.165) is 32.9 Å². The highest BCUT2D eigenvalue weighted by atomic mass is 32.2. The molecule has 2 atom stereocenters. The molecule has 18 heteroatoms. The number of hydrogen-bond acceptors (Lipinski definition) is 12. The van der Waals surface area contributed by atoms with Crippen molar-refractivity contribution in [2.75, 3.05) is 26.3 Å². The molecule has 0 aromatic heterocycles. The lowest BCUT2D eigenvalue weighted by Crippen LogP contribution is -2.47. The number of carbonyl (C=O) groups excluding carboxylic acids is 2. The van der Waals surface area contributed by atoms with E-state index < -0.39 is 88.2 Å². The first-order valence-corrected chi connectivity index (χ1v) is 21.2. The van der Waals surface area contributed by atoms with E-state index in [1.807, 2.05) is 0 Å². The predicted octanol–water partition coefficient (Wildman–Crippen LogP) is 5.54. The van der Waals surface area contributed by atoms with E-state index in [-0.39, 0.29) is 49.0 Å². The van der Waals surface area contributed by atoms with Gasteiger partial charge < -0.3 is 9.47 Å². The van der Waals surface area contributed by atoms with Gasteiger partial charge in [0.05, 0.1) is 36.1 Å². The van der Waals surface area contributed by atoms with Crippen molar-refractivity contribution in [3.05, 3.63) is 104 Å². The summed E-state index contributed by atoms with van der Waals surface area (Å²) in [7, 11) is -9.46. The number of nitro benzene ring substituents is 2. The van der Waals surface area contributed by atoms with Crippen LogP contribution in [0.5, 0.6) is 0 Å². The van der Waals surface area contributed by atoms with Crippen LogP contribution in [0.25, 0.3) is 0 Å². The Kier molecular flexibility index (Phi) is 17.1. The van der Waals surface area contributed by atoms with E-state index in [0.29, 0.717) is 0 Å². The Balaban J connectivity index is 2.15. The average Bonchev–Trinajstić information content (AvgIpc) is 3.17. The number of benzene rings is 3. The third kappa shape index (κ3) is 11.9. The largest absolute Gasteiger partial charge is 0.465 e. The molecule has 0 spiro atoms. The molecule has 0 N–H and O–H groups in total. The Morgan fingerprint density at radius 3 is 1.26 bits per heavy atom. The smallest absolute Gasteiger partial charge is 0.324 e. The van der Waals surface area contributed by atoms with E-state index in [1.165, 1.54) is 24.3 Å². The van der Waals surface area contributed by atoms with Gasteiger partial charge >= 0.3 is 11.9 Å². The molecule has 3 rings (SSSR count). The van der Waals surface area contributed by atoms with Gasteiger partial charge in [0.25, 0.3) is 31.4 Å². The Morgan fingerprint density at radius 2 is 0.948 bits per heavy atom. The summed E-state index contributed by atoms with van der Waals surface area (Å²) in [5.74, 6) is 9.12. The molecule has 16 nitrogen and oxygen atoms in total. The molecule has 0 unspecified atom stereocenters. The van der Waals surface area contributed by atoms with Crippen LogP contribution in [0.4, 0.5) is 11.4 Å². The van der Waals surface area contributed by atoms with E-state index in [9.17, 15) is 46.7 Å². The second kappa shape index (κ2) is 21.2. The van der Waals surface area contributed by atoms with Crippen LogP contribution in [-0.4, -0.2) is 85.6 Å². The molecule has 0 fully saturated rings. The maximum Gasteiger partial charge on any atom is 0.324 e. The molecule has 0 heterocycles. The SMILES string of the molecule is CCOC(=O)[C@H](CC(C)C)N(CC#Cc1ccccc1C#CCN([C@@H](CC(C)C)C(=O)OCC)S(=O)(=O)c1ccccc1[N+](=O)[O-])S(=O)(=O)c1ccccc1[N+](=O)[O-]. The van der Waals surface area contributed by atoms with Crippen LogP contribution >= 0.6 is 0 Å². The number of carbonyl (C=O) groups is 2. The second-order valence-electron chi connectivity index (χ2n) is 13.5. The fourth-order valence-corrected chi connectivity index (χ4v) is 9.09. The number of nitrogens with zero attached hydrogens (tertiary/aromatic N) is 4. The Bertz CT molecular complexity index is 2160. The summed E-state index contributed by atoms with van der Waals surface area (Å²) < 4.78 is 68.6. The minimum absolute atomic E-state index is 0.0115. The van der Waals surface area contributed by atoms with Crippen molar-refractivity contribution in [1.29, 1.82) is 0 Å². The fraction of sp³-hybridized carbons (Fsp3) is 0.400. The van der Waals surface area contributed by atoms with Gasteiger partial charge in [0.15, 0.2) is 9.79 Å². The zero-order valence-corrected chi connectivity index (χ0v) is 34.6. The van der Waals surface area contributed by atoms with Gasteiger partial charge in [-0.3, -0.25) is 29.8 Å². The van der Waals surface area contributed by atoms with E-state index >= 15 is 0 Å². The van der Waals surface area contributed by atoms with Gasteiger partial charge in [0, 0.05) is 23.3 Å². The molecule has 58 heavy (non-hydrogen) atoms. The highest BCUT2D eigenvalue weighted by Crippen LogP contribution is 2.31. The topological polar surface area (TPSA) is 214 Å². The molecule has 0 aliphatic rings. The predicted molar refractivity (Wildman–Crippen MR) is 214 cm³/mol. The number of rotatable bonds is 18. The van der Waals surface area contributed by atoms with Gasteiger partial charge in [-0.15, -0.1) is 0 Å². The molecule has 0 bridgehead atoms. The Hall–Kier alpha value is -5.66. The van der Waals surface area contributed by atoms with Gasteiger partial charge in [-0.1, -0.05) is 87.8 Å². The highest BCUT2D eigenvalue weighted by molar-refractivity contribution is 7.89. The third-order valence-corrected chi connectivity index (χ3v) is 12.1. The number of ether oxygens (including phenoxy) is 2. The molecular weight excluding hydrogens is 793 g/mol. The Labute approximate surface area is 338 Å². The number of hydrogen-bond donors (Lipinski definition) is 0. The standard InChI is InChI=1S/C40H46N4O12S2/c1-7-55-39(45)35(27-29(3)4)41(57(51,52)37-23-13-11-21-33(37)43(47)48)25-15-19-31-17-9-10-18-32(31)20-16-26-42(36(28-30(5)6)40(46)56-8-2)58(53,54)38-24-14-12-22-34(38)44(49)50/h9-14,17-18,21-24,29-30,35-36H,7-8,25-28H2,1-6H3/t35-,36-/m0/s1. The third-order valence-electron chi connectivity index (χ3n) is 8.34. The van der Waals surface area contributed by atoms with E-state index in [2.05, 4.69) is 23.7 Å². The van der Waals surface area contributed by atoms with E-state index in [4.69, 9.17) is 9.47 Å². The van der Waals surface area contributed by atoms with Gasteiger partial charge in [0.1, 0.15) is 12.1 Å². The number of sulfonamides is 2. The summed E-state index contributed by atoms with van der Waals surface area (Å²) in [5.41, 5.74) is -0.840. The summed E-state index contributed by atoms with van der Waals surface area (Å²) >= 11 is 0. The van der Waals surface area contributed by atoms with Crippen LogP contribution in [-0.2, 0) is 39.1 Å². The lowest BCUT2D eigenvalue weighted by Gasteiger charge is -2.29. The first-order valence-electron chi connectivity index (χ1n) is 18.3. The normalized spacial score (nSPS) is 12.6. The maximum atomic E-state index is 14.2. The van der Waals surface area contributed by atoms with E-state index in [1.54, 1.807) is 65.8 Å². The average molecular weight is 839 g/mol. The molecular formula is C40H46N4O12S2. The molecule has 3 aromatic rings. The zero-order valence-electron chi connectivity index (χ0n) is 33.0.